The Kier molecular flexibility index (Phi) is 4.59. The van der Waals surface area contributed by atoms with Gasteiger partial charge in [0.15, 0.2) is 6.10 Å². The van der Waals surface area contributed by atoms with Gasteiger partial charge in [-0.1, -0.05) is 0 Å². The van der Waals surface area contributed by atoms with Crippen molar-refractivity contribution in [2.75, 3.05) is 6.54 Å². The largest absolute Gasteiger partial charge is 0.481 e. The maximum absolute atomic E-state index is 12.0. The summed E-state index contributed by atoms with van der Waals surface area (Å²) in [5.41, 5.74) is 0.673. The first kappa shape index (κ1) is 15.7. The smallest absolute Gasteiger partial charge is 0.405 e. The number of hydrogen-bond acceptors (Lipinski definition) is 5. The average Bonchev–Trinajstić information content (AvgIpc) is 2.99. The minimum atomic E-state index is -4.46. The number of carbonyl (C=O) groups is 1. The molecule has 1 heterocycles. The molecule has 0 aliphatic rings. The van der Waals surface area contributed by atoms with Crippen LogP contribution in [-0.2, 0) is 4.79 Å². The van der Waals surface area contributed by atoms with Gasteiger partial charge in [0.1, 0.15) is 18.6 Å². The number of alkyl halides is 3. The lowest BCUT2D eigenvalue weighted by Gasteiger charge is -2.15. The van der Waals surface area contributed by atoms with Crippen LogP contribution in [0.4, 0.5) is 13.2 Å². The Morgan fingerprint density at radius 2 is 2.05 bits per heavy atom. The summed E-state index contributed by atoms with van der Waals surface area (Å²) in [7, 11) is 0. The van der Waals surface area contributed by atoms with Crippen LogP contribution >= 0.6 is 0 Å². The van der Waals surface area contributed by atoms with Crippen LogP contribution in [0.25, 0.3) is 5.69 Å². The fourth-order valence-corrected chi connectivity index (χ4v) is 1.55. The lowest BCUT2D eigenvalue weighted by Crippen LogP contribution is -2.41. The highest BCUT2D eigenvalue weighted by Gasteiger charge is 2.29. The first-order valence-electron chi connectivity index (χ1n) is 6.20. The van der Waals surface area contributed by atoms with Crippen molar-refractivity contribution in [3.63, 3.8) is 0 Å². The molecule has 22 heavy (non-hydrogen) atoms. The van der Waals surface area contributed by atoms with Gasteiger partial charge in [0.25, 0.3) is 5.91 Å². The minimum Gasteiger partial charge on any atom is -0.481 e. The standard InChI is InChI=1S/C12H12F3N5O2/c1-8(11(21)16-6-12(13,14)15)22-10-4-2-9(3-5-10)20-7-17-18-19-20/h2-5,7-8H,6H2,1H3,(H,16,21). The van der Waals surface area contributed by atoms with Gasteiger partial charge in [-0.2, -0.15) is 13.2 Å². The number of aromatic nitrogens is 4. The number of halogens is 3. The first-order valence-corrected chi connectivity index (χ1v) is 6.20. The normalized spacial score (nSPS) is 12.7. The second kappa shape index (κ2) is 6.41. The monoisotopic (exact) mass is 315 g/mol. The summed E-state index contributed by atoms with van der Waals surface area (Å²) in [6.45, 7) is -0.0290. The Balaban J connectivity index is 1.91. The number of carbonyl (C=O) groups excluding carboxylic acids is 1. The zero-order valence-electron chi connectivity index (χ0n) is 11.4. The van der Waals surface area contributed by atoms with E-state index in [1.807, 2.05) is 0 Å². The van der Waals surface area contributed by atoms with E-state index < -0.39 is 24.7 Å². The second-order valence-corrected chi connectivity index (χ2v) is 4.34. The summed E-state index contributed by atoms with van der Waals surface area (Å²) in [6.07, 6.45) is -4.10. The molecule has 0 saturated carbocycles. The summed E-state index contributed by atoms with van der Waals surface area (Å²) in [6, 6.07) is 6.41. The predicted molar refractivity (Wildman–Crippen MR) is 68.3 cm³/mol. The number of rotatable bonds is 5. The van der Waals surface area contributed by atoms with E-state index in [-0.39, 0.29) is 0 Å². The summed E-state index contributed by atoms with van der Waals surface area (Å²) >= 11 is 0. The summed E-state index contributed by atoms with van der Waals surface area (Å²) in [4.78, 5) is 11.5. The number of benzene rings is 1. The molecule has 1 amide bonds. The first-order chi connectivity index (χ1) is 10.3. The quantitative estimate of drug-likeness (QED) is 0.894. The van der Waals surface area contributed by atoms with Crippen molar-refractivity contribution in [2.24, 2.45) is 0 Å². The van der Waals surface area contributed by atoms with Crippen LogP contribution in [0.5, 0.6) is 5.75 Å². The lowest BCUT2D eigenvalue weighted by atomic mass is 10.3. The van der Waals surface area contributed by atoms with Crippen LogP contribution in [-0.4, -0.2) is 44.9 Å². The van der Waals surface area contributed by atoms with E-state index >= 15 is 0 Å². The molecule has 1 N–H and O–H groups in total. The highest BCUT2D eigenvalue weighted by Crippen LogP contribution is 2.16. The van der Waals surface area contributed by atoms with Gasteiger partial charge in [-0.25, -0.2) is 4.68 Å². The molecular weight excluding hydrogens is 303 g/mol. The van der Waals surface area contributed by atoms with Gasteiger partial charge in [-0.15, -0.1) is 5.10 Å². The van der Waals surface area contributed by atoms with E-state index in [4.69, 9.17) is 4.74 Å². The van der Waals surface area contributed by atoms with E-state index in [2.05, 4.69) is 15.5 Å². The Morgan fingerprint density at radius 3 is 2.59 bits per heavy atom. The molecule has 118 valence electrons. The van der Waals surface area contributed by atoms with E-state index in [0.717, 1.165) is 0 Å². The van der Waals surface area contributed by atoms with Crippen molar-refractivity contribution in [2.45, 2.75) is 19.2 Å². The van der Waals surface area contributed by atoms with Crippen LogP contribution in [0.3, 0.4) is 0 Å². The molecular formula is C12H12F3N5O2. The van der Waals surface area contributed by atoms with Gasteiger partial charge in [-0.3, -0.25) is 4.79 Å². The third-order valence-electron chi connectivity index (χ3n) is 2.60. The van der Waals surface area contributed by atoms with Crippen LogP contribution in [0.2, 0.25) is 0 Å². The highest BCUT2D eigenvalue weighted by atomic mass is 19.4. The zero-order valence-corrected chi connectivity index (χ0v) is 11.4. The molecule has 0 bridgehead atoms. The molecule has 2 rings (SSSR count). The molecule has 1 aromatic carbocycles. The van der Waals surface area contributed by atoms with Gasteiger partial charge in [0.05, 0.1) is 5.69 Å². The van der Waals surface area contributed by atoms with Gasteiger partial charge in [-0.05, 0) is 41.6 Å². The molecule has 2 aromatic rings. The van der Waals surface area contributed by atoms with Crippen LogP contribution < -0.4 is 10.1 Å². The maximum Gasteiger partial charge on any atom is 0.405 e. The third-order valence-corrected chi connectivity index (χ3v) is 2.60. The Bertz CT molecular complexity index is 613. The molecule has 0 radical (unpaired) electrons. The zero-order chi connectivity index (χ0) is 16.2. The molecule has 10 heteroatoms. The molecule has 1 atom stereocenters. The molecule has 7 nitrogen and oxygen atoms in total. The number of nitrogens with one attached hydrogen (secondary N) is 1. The van der Waals surface area contributed by atoms with Gasteiger partial charge >= 0.3 is 6.18 Å². The van der Waals surface area contributed by atoms with Crippen molar-refractivity contribution >= 4 is 5.91 Å². The number of nitrogens with zero attached hydrogens (tertiary/aromatic N) is 4. The second-order valence-electron chi connectivity index (χ2n) is 4.34. The van der Waals surface area contributed by atoms with Gasteiger partial charge in [0, 0.05) is 0 Å². The molecule has 1 aromatic heterocycles. The molecule has 0 spiro atoms. The van der Waals surface area contributed by atoms with Crippen LogP contribution in [0.1, 0.15) is 6.92 Å². The predicted octanol–water partition coefficient (Wildman–Crippen LogP) is 1.11. The average molecular weight is 315 g/mol. The van der Waals surface area contributed by atoms with Crippen molar-refractivity contribution in [1.29, 1.82) is 0 Å². The summed E-state index contributed by atoms with van der Waals surface area (Å²) in [5.74, 6) is -0.506. The SMILES string of the molecule is CC(Oc1ccc(-n2cnnn2)cc1)C(=O)NCC(F)(F)F. The minimum absolute atomic E-state index is 0.339. The van der Waals surface area contributed by atoms with E-state index in [1.54, 1.807) is 29.6 Å². The van der Waals surface area contributed by atoms with Gasteiger partial charge < -0.3 is 10.1 Å². The van der Waals surface area contributed by atoms with Crippen LogP contribution in [0, 0.1) is 0 Å². The topological polar surface area (TPSA) is 81.9 Å². The van der Waals surface area contributed by atoms with E-state index in [9.17, 15) is 18.0 Å². The van der Waals surface area contributed by atoms with Crippen molar-refractivity contribution in [3.05, 3.63) is 30.6 Å². The van der Waals surface area contributed by atoms with Gasteiger partial charge in [0.2, 0.25) is 0 Å². The van der Waals surface area contributed by atoms with Crippen molar-refractivity contribution in [1.82, 2.24) is 25.5 Å². The number of amides is 1. The molecule has 0 aliphatic carbocycles. The summed E-state index contributed by atoms with van der Waals surface area (Å²) < 4.78 is 42.7. The Morgan fingerprint density at radius 1 is 1.36 bits per heavy atom. The molecule has 0 aliphatic heterocycles. The summed E-state index contributed by atoms with van der Waals surface area (Å²) in [5, 5.41) is 12.4. The number of hydrogen-bond donors (Lipinski definition) is 1. The fraction of sp³-hybridized carbons (Fsp3) is 0.333. The third kappa shape index (κ3) is 4.43. The van der Waals surface area contributed by atoms with Crippen LogP contribution in [0.15, 0.2) is 30.6 Å². The van der Waals surface area contributed by atoms with E-state index in [0.29, 0.717) is 11.4 Å². The molecule has 0 fully saturated rings. The Labute approximate surface area is 123 Å². The maximum atomic E-state index is 12.0. The lowest BCUT2D eigenvalue weighted by molar-refractivity contribution is -0.142. The van der Waals surface area contributed by atoms with Crippen molar-refractivity contribution in [3.8, 4) is 11.4 Å². The van der Waals surface area contributed by atoms with E-state index in [1.165, 1.54) is 17.9 Å². The fourth-order valence-electron chi connectivity index (χ4n) is 1.55. The number of ether oxygens (including phenoxy) is 1. The molecule has 1 unspecified atom stereocenters. The highest BCUT2D eigenvalue weighted by molar-refractivity contribution is 5.80. The number of tetrazole rings is 1. The van der Waals surface area contributed by atoms with Crippen molar-refractivity contribution < 1.29 is 22.7 Å². The Hall–Kier alpha value is -2.65. The molecule has 0 saturated heterocycles.